The molecule has 0 radical (unpaired) electrons. The van der Waals surface area contributed by atoms with Gasteiger partial charge in [-0.1, -0.05) is 93.0 Å². The van der Waals surface area contributed by atoms with Crippen LogP contribution in [-0.2, 0) is 37.3 Å². The highest BCUT2D eigenvalue weighted by atomic mass is 79.9. The maximum Gasteiger partial charge on any atom is 0.243 e. The molecule has 0 atom stereocenters. The van der Waals surface area contributed by atoms with Gasteiger partial charge in [0, 0.05) is 43.4 Å². The molecular weight excluding hydrogens is 702 g/mol. The van der Waals surface area contributed by atoms with Crippen molar-refractivity contribution >= 4 is 51.9 Å². The third-order valence-electron chi connectivity index (χ3n) is 7.24. The Morgan fingerprint density at radius 2 is 1.02 bits per heavy atom. The standard InChI is InChI=1S/C31H37Br2N3O4S2/c1-26-23-35(41(37,38)30-13-9-27(21-32)10-14-30)19-5-17-34(25-29-7-3-2-4-8-29)18-6-20-36(24-26)42(39,40)31-15-11-28(22-33)12-16-31/h2-4,7-16H,1,5-6,17-25H2. The van der Waals surface area contributed by atoms with E-state index in [0.717, 1.165) is 16.7 Å². The molecule has 1 heterocycles. The largest absolute Gasteiger partial charge is 0.299 e. The smallest absolute Gasteiger partial charge is 0.243 e. The van der Waals surface area contributed by atoms with Gasteiger partial charge < -0.3 is 0 Å². The van der Waals surface area contributed by atoms with Gasteiger partial charge >= 0.3 is 0 Å². The Hall–Kier alpha value is -1.86. The summed E-state index contributed by atoms with van der Waals surface area (Å²) in [5, 5.41) is 1.27. The molecule has 4 rings (SSSR count). The van der Waals surface area contributed by atoms with Crippen molar-refractivity contribution in [3.05, 3.63) is 108 Å². The molecule has 0 bridgehead atoms. The van der Waals surface area contributed by atoms with Gasteiger partial charge in [-0.2, -0.15) is 8.61 Å². The molecule has 0 spiro atoms. The number of rotatable bonds is 8. The summed E-state index contributed by atoms with van der Waals surface area (Å²) in [6.07, 6.45) is 1.28. The minimum Gasteiger partial charge on any atom is -0.299 e. The van der Waals surface area contributed by atoms with Gasteiger partial charge in [-0.15, -0.1) is 0 Å². The van der Waals surface area contributed by atoms with E-state index in [0.29, 0.717) is 61.8 Å². The minimum absolute atomic E-state index is 0.0375. The second-order valence-electron chi connectivity index (χ2n) is 10.5. The second kappa shape index (κ2) is 15.2. The van der Waals surface area contributed by atoms with Crippen LogP contribution in [0.15, 0.2) is 101 Å². The van der Waals surface area contributed by atoms with Crippen LogP contribution in [0, 0.1) is 0 Å². The number of sulfonamides is 2. The number of hydrogen-bond acceptors (Lipinski definition) is 5. The molecule has 3 aromatic rings. The predicted octanol–water partition coefficient (Wildman–Crippen LogP) is 6.01. The summed E-state index contributed by atoms with van der Waals surface area (Å²) < 4.78 is 58.1. The van der Waals surface area contributed by atoms with E-state index in [2.05, 4.69) is 55.5 Å². The van der Waals surface area contributed by atoms with Gasteiger partial charge in [0.2, 0.25) is 20.0 Å². The highest BCUT2D eigenvalue weighted by molar-refractivity contribution is 9.08. The number of nitrogens with zero attached hydrogens (tertiary/aromatic N) is 3. The second-order valence-corrected chi connectivity index (χ2v) is 15.4. The lowest BCUT2D eigenvalue weighted by Crippen LogP contribution is -2.41. The summed E-state index contributed by atoms with van der Waals surface area (Å²) in [4.78, 5) is 2.70. The maximum atomic E-state index is 13.8. The number of alkyl halides is 2. The molecule has 0 amide bonds. The summed E-state index contributed by atoms with van der Waals surface area (Å²) in [7, 11) is -7.66. The monoisotopic (exact) mass is 737 g/mol. The summed E-state index contributed by atoms with van der Waals surface area (Å²) in [6, 6.07) is 23.8. The Balaban J connectivity index is 1.63. The van der Waals surface area contributed by atoms with Gasteiger partial charge in [-0.25, -0.2) is 16.8 Å². The molecule has 226 valence electrons. The van der Waals surface area contributed by atoms with Crippen LogP contribution in [0.5, 0.6) is 0 Å². The number of halogens is 2. The number of benzene rings is 3. The molecule has 0 aliphatic carbocycles. The van der Waals surface area contributed by atoms with Crippen LogP contribution in [0.2, 0.25) is 0 Å². The van der Waals surface area contributed by atoms with Crippen molar-refractivity contribution in [2.75, 3.05) is 39.3 Å². The van der Waals surface area contributed by atoms with E-state index in [1.807, 2.05) is 18.2 Å². The van der Waals surface area contributed by atoms with E-state index < -0.39 is 20.0 Å². The first-order valence-electron chi connectivity index (χ1n) is 13.9. The minimum atomic E-state index is -3.83. The first kappa shape index (κ1) is 33.0. The Kier molecular flexibility index (Phi) is 12.0. The van der Waals surface area contributed by atoms with Gasteiger partial charge in [-0.05, 0) is 72.5 Å². The molecule has 0 saturated carbocycles. The molecule has 42 heavy (non-hydrogen) atoms. The van der Waals surface area contributed by atoms with Crippen molar-refractivity contribution in [3.8, 4) is 0 Å². The molecule has 1 aliphatic rings. The van der Waals surface area contributed by atoms with Crippen molar-refractivity contribution < 1.29 is 16.8 Å². The fraction of sp³-hybridized carbons (Fsp3) is 0.355. The average molecular weight is 740 g/mol. The highest BCUT2D eigenvalue weighted by Crippen LogP contribution is 2.23. The van der Waals surface area contributed by atoms with Gasteiger partial charge in [0.15, 0.2) is 0 Å². The van der Waals surface area contributed by atoms with Crippen LogP contribution in [0.25, 0.3) is 0 Å². The molecule has 11 heteroatoms. The molecule has 1 saturated heterocycles. The Morgan fingerprint density at radius 1 is 0.595 bits per heavy atom. The first-order valence-corrected chi connectivity index (χ1v) is 19.0. The van der Waals surface area contributed by atoms with E-state index in [1.165, 1.54) is 8.61 Å². The van der Waals surface area contributed by atoms with E-state index in [-0.39, 0.29) is 22.9 Å². The average Bonchev–Trinajstić information content (AvgIpc) is 2.99. The molecular formula is C31H37Br2N3O4S2. The van der Waals surface area contributed by atoms with Crippen LogP contribution < -0.4 is 0 Å². The number of hydrogen-bond donors (Lipinski definition) is 0. The quantitative estimate of drug-likeness (QED) is 0.209. The van der Waals surface area contributed by atoms with Crippen molar-refractivity contribution in [2.24, 2.45) is 0 Å². The summed E-state index contributed by atoms with van der Waals surface area (Å²) in [5.74, 6) is 0. The lowest BCUT2D eigenvalue weighted by Gasteiger charge is -2.30. The van der Waals surface area contributed by atoms with Crippen molar-refractivity contribution in [3.63, 3.8) is 0 Å². The lowest BCUT2D eigenvalue weighted by molar-refractivity contribution is 0.238. The molecule has 0 aromatic heterocycles. The Bertz CT molecular complexity index is 1440. The normalized spacial score (nSPS) is 17.4. The van der Waals surface area contributed by atoms with E-state index >= 15 is 0 Å². The van der Waals surface area contributed by atoms with Crippen LogP contribution >= 0.6 is 31.9 Å². The summed E-state index contributed by atoms with van der Waals surface area (Å²) in [6.45, 7) is 6.88. The van der Waals surface area contributed by atoms with Crippen LogP contribution in [0.3, 0.4) is 0 Å². The van der Waals surface area contributed by atoms with Gasteiger partial charge in [0.1, 0.15) is 0 Å². The fourth-order valence-corrected chi connectivity index (χ4v) is 8.72. The lowest BCUT2D eigenvalue weighted by atomic mass is 10.2. The molecule has 3 aromatic carbocycles. The van der Waals surface area contributed by atoms with E-state index in [4.69, 9.17) is 0 Å². The van der Waals surface area contributed by atoms with Gasteiger partial charge in [0.25, 0.3) is 0 Å². The molecule has 1 fully saturated rings. The van der Waals surface area contributed by atoms with Crippen LogP contribution in [-0.4, -0.2) is 69.6 Å². The van der Waals surface area contributed by atoms with Crippen molar-refractivity contribution in [1.82, 2.24) is 13.5 Å². The summed E-state index contributed by atoms with van der Waals surface area (Å²) >= 11 is 6.82. The zero-order chi connectivity index (χ0) is 30.2. The molecule has 7 nitrogen and oxygen atoms in total. The molecule has 0 unspecified atom stereocenters. The van der Waals surface area contributed by atoms with E-state index in [1.54, 1.807) is 48.5 Å². The molecule has 0 N–H and O–H groups in total. The third kappa shape index (κ3) is 8.62. The zero-order valence-corrected chi connectivity index (χ0v) is 28.3. The van der Waals surface area contributed by atoms with Crippen molar-refractivity contribution in [1.29, 1.82) is 0 Å². The van der Waals surface area contributed by atoms with Gasteiger partial charge in [-0.3, -0.25) is 4.90 Å². The maximum absolute atomic E-state index is 13.8. The zero-order valence-electron chi connectivity index (χ0n) is 23.5. The van der Waals surface area contributed by atoms with Crippen LogP contribution in [0.1, 0.15) is 29.5 Å². The molecule has 1 aliphatic heterocycles. The first-order chi connectivity index (χ1) is 20.1. The predicted molar refractivity (Wildman–Crippen MR) is 176 cm³/mol. The van der Waals surface area contributed by atoms with E-state index in [9.17, 15) is 16.8 Å². The Labute approximate surface area is 267 Å². The van der Waals surface area contributed by atoms with Crippen molar-refractivity contribution in [2.45, 2.75) is 39.8 Å². The highest BCUT2D eigenvalue weighted by Gasteiger charge is 2.29. The van der Waals surface area contributed by atoms with Crippen LogP contribution in [0.4, 0.5) is 0 Å². The summed E-state index contributed by atoms with van der Waals surface area (Å²) in [5.41, 5.74) is 3.64. The third-order valence-corrected chi connectivity index (χ3v) is 12.3. The SMILES string of the molecule is C=C1CN(S(=O)(=O)c2ccc(CBr)cc2)CCCN(Cc2ccccc2)CCCN(S(=O)(=O)c2ccc(CBr)cc2)C1. The Morgan fingerprint density at radius 3 is 1.43 bits per heavy atom. The van der Waals surface area contributed by atoms with Gasteiger partial charge in [0.05, 0.1) is 9.79 Å². The topological polar surface area (TPSA) is 78.0 Å². The fourth-order valence-electron chi connectivity index (χ4n) is 4.97.